The summed E-state index contributed by atoms with van der Waals surface area (Å²) in [5.41, 5.74) is 1.03. The van der Waals surface area contributed by atoms with Gasteiger partial charge >= 0.3 is 0 Å². The molecule has 0 fully saturated rings. The van der Waals surface area contributed by atoms with E-state index in [0.29, 0.717) is 30.0 Å². The molecular formula is C19H25ClIN5O4. The molecule has 2 aromatic rings. The van der Waals surface area contributed by atoms with Gasteiger partial charge in [-0.3, -0.25) is 15.1 Å². The Kier molecular flexibility index (Phi) is 12.0. The minimum atomic E-state index is -0.818. The molecule has 0 saturated carbocycles. The number of nitro benzene ring substituents is 1. The molecule has 164 valence electrons. The van der Waals surface area contributed by atoms with Crippen LogP contribution >= 0.6 is 35.6 Å². The monoisotopic (exact) mass is 549 g/mol. The molecule has 11 heteroatoms. The standard InChI is InChI=1S/C19H24ClN5O4.HI/c1-2-21-19(22-10-9-14-3-8-18(20)23-11-14)24-12-16(26)13-29-17-6-4-15(5-7-17)25(27)28;/h3-8,11,16,26H,2,9-10,12-13H2,1H3,(H2,21,22,24);1H. The third-order valence-corrected chi connectivity index (χ3v) is 4.01. The Morgan fingerprint density at radius 2 is 2.03 bits per heavy atom. The van der Waals surface area contributed by atoms with Gasteiger partial charge in [0.25, 0.3) is 5.69 Å². The number of rotatable bonds is 10. The number of pyridine rings is 1. The van der Waals surface area contributed by atoms with Gasteiger partial charge in [-0.25, -0.2) is 4.98 Å². The maximum Gasteiger partial charge on any atom is 0.269 e. The van der Waals surface area contributed by atoms with E-state index in [9.17, 15) is 15.2 Å². The molecule has 0 saturated heterocycles. The number of halogens is 2. The van der Waals surface area contributed by atoms with E-state index in [1.165, 1.54) is 24.3 Å². The van der Waals surface area contributed by atoms with Crippen LogP contribution in [0.5, 0.6) is 5.75 Å². The zero-order chi connectivity index (χ0) is 21.1. The van der Waals surface area contributed by atoms with Crippen LogP contribution in [0.4, 0.5) is 5.69 Å². The summed E-state index contributed by atoms with van der Waals surface area (Å²) in [6.45, 7) is 3.45. The van der Waals surface area contributed by atoms with Gasteiger partial charge in [0.15, 0.2) is 5.96 Å². The van der Waals surface area contributed by atoms with Gasteiger partial charge in [0.05, 0.1) is 11.5 Å². The lowest BCUT2D eigenvalue weighted by molar-refractivity contribution is -0.384. The Hall–Kier alpha value is -2.18. The lowest BCUT2D eigenvalue weighted by atomic mass is 10.2. The van der Waals surface area contributed by atoms with Crippen molar-refractivity contribution in [2.24, 2.45) is 4.99 Å². The van der Waals surface area contributed by atoms with Crippen molar-refractivity contribution in [1.82, 2.24) is 15.6 Å². The molecule has 1 aromatic heterocycles. The molecule has 0 radical (unpaired) electrons. The predicted molar refractivity (Wildman–Crippen MR) is 127 cm³/mol. The Morgan fingerprint density at radius 1 is 1.30 bits per heavy atom. The maximum atomic E-state index is 10.6. The SMILES string of the molecule is CCNC(=NCC(O)COc1ccc([N+](=O)[O-])cc1)NCCc1ccc(Cl)nc1.I. The first-order valence-corrected chi connectivity index (χ1v) is 9.53. The highest BCUT2D eigenvalue weighted by molar-refractivity contribution is 14.0. The third kappa shape index (κ3) is 9.55. The first-order chi connectivity index (χ1) is 14.0. The van der Waals surface area contributed by atoms with Crippen molar-refractivity contribution < 1.29 is 14.8 Å². The maximum absolute atomic E-state index is 10.6. The van der Waals surface area contributed by atoms with Crippen molar-refractivity contribution >= 4 is 47.2 Å². The molecule has 1 aromatic carbocycles. The number of ether oxygens (including phenoxy) is 1. The van der Waals surface area contributed by atoms with Gasteiger partial charge in [0.2, 0.25) is 0 Å². The van der Waals surface area contributed by atoms with Crippen molar-refractivity contribution in [2.45, 2.75) is 19.4 Å². The largest absolute Gasteiger partial charge is 0.491 e. The molecule has 30 heavy (non-hydrogen) atoms. The number of aliphatic imine (C=N–C) groups is 1. The fraction of sp³-hybridized carbons (Fsp3) is 0.368. The number of aliphatic hydroxyl groups excluding tert-OH is 1. The molecule has 0 aliphatic carbocycles. The van der Waals surface area contributed by atoms with Gasteiger partial charge in [0, 0.05) is 31.4 Å². The molecule has 9 nitrogen and oxygen atoms in total. The van der Waals surface area contributed by atoms with Crippen LogP contribution in [0.3, 0.4) is 0 Å². The number of benzene rings is 1. The quantitative estimate of drug-likeness (QED) is 0.104. The van der Waals surface area contributed by atoms with Gasteiger partial charge in [-0.1, -0.05) is 17.7 Å². The number of hydrogen-bond donors (Lipinski definition) is 3. The molecule has 3 N–H and O–H groups in total. The summed E-state index contributed by atoms with van der Waals surface area (Å²) in [4.78, 5) is 18.5. The average Bonchev–Trinajstić information content (AvgIpc) is 2.72. The number of hydrogen-bond acceptors (Lipinski definition) is 6. The molecule has 0 amide bonds. The van der Waals surface area contributed by atoms with Crippen molar-refractivity contribution in [3.05, 3.63) is 63.4 Å². The van der Waals surface area contributed by atoms with Gasteiger partial charge in [0.1, 0.15) is 23.6 Å². The predicted octanol–water partition coefficient (Wildman–Crippen LogP) is 2.80. The van der Waals surface area contributed by atoms with Crippen LogP contribution in [0.1, 0.15) is 12.5 Å². The Bertz CT molecular complexity index is 806. The number of non-ortho nitro benzene ring substituents is 1. The summed E-state index contributed by atoms with van der Waals surface area (Å²) < 4.78 is 5.44. The minimum Gasteiger partial charge on any atom is -0.491 e. The Labute approximate surface area is 197 Å². The summed E-state index contributed by atoms with van der Waals surface area (Å²) in [7, 11) is 0. The highest BCUT2D eigenvalue weighted by Crippen LogP contribution is 2.17. The van der Waals surface area contributed by atoms with Crippen LogP contribution in [0.15, 0.2) is 47.6 Å². The number of aromatic nitrogens is 1. The fourth-order valence-corrected chi connectivity index (χ4v) is 2.44. The lowest BCUT2D eigenvalue weighted by Crippen LogP contribution is -2.39. The molecular weight excluding hydrogens is 525 g/mol. The first kappa shape index (κ1) is 25.9. The molecule has 0 bridgehead atoms. The second-order valence-corrected chi connectivity index (χ2v) is 6.49. The van der Waals surface area contributed by atoms with Gasteiger partial charge in [-0.15, -0.1) is 24.0 Å². The minimum absolute atomic E-state index is 0. The van der Waals surface area contributed by atoms with Crippen LogP contribution in [0.25, 0.3) is 0 Å². The summed E-state index contributed by atoms with van der Waals surface area (Å²) in [6, 6.07) is 9.35. The smallest absolute Gasteiger partial charge is 0.269 e. The molecule has 0 spiro atoms. The van der Waals surface area contributed by atoms with Crippen molar-refractivity contribution in [2.75, 3.05) is 26.2 Å². The van der Waals surface area contributed by atoms with Gasteiger partial charge < -0.3 is 20.5 Å². The van der Waals surface area contributed by atoms with Crippen molar-refractivity contribution in [3.63, 3.8) is 0 Å². The van der Waals surface area contributed by atoms with E-state index in [4.69, 9.17) is 16.3 Å². The van der Waals surface area contributed by atoms with Crippen molar-refractivity contribution in [1.29, 1.82) is 0 Å². The summed E-state index contributed by atoms with van der Waals surface area (Å²) in [5, 5.41) is 27.5. The molecule has 1 heterocycles. The Balaban J connectivity index is 0.00000450. The van der Waals surface area contributed by atoms with E-state index in [0.717, 1.165) is 12.0 Å². The summed E-state index contributed by atoms with van der Waals surface area (Å²) in [6.07, 6.45) is 1.66. The second kappa shape index (κ2) is 13.9. The number of nitrogens with one attached hydrogen (secondary N) is 2. The van der Waals surface area contributed by atoms with Crippen molar-refractivity contribution in [3.8, 4) is 5.75 Å². The zero-order valence-electron chi connectivity index (χ0n) is 16.5. The molecule has 0 aliphatic heterocycles. The van der Waals surface area contributed by atoms with Crippen LogP contribution in [-0.4, -0.2) is 53.3 Å². The fourth-order valence-electron chi connectivity index (χ4n) is 2.33. The van der Waals surface area contributed by atoms with E-state index < -0.39 is 11.0 Å². The van der Waals surface area contributed by atoms with Crippen LogP contribution in [0, 0.1) is 10.1 Å². The van der Waals surface area contributed by atoms with E-state index in [-0.39, 0.29) is 42.8 Å². The van der Waals surface area contributed by atoms with Crippen LogP contribution in [-0.2, 0) is 6.42 Å². The number of guanidine groups is 1. The number of aliphatic hydroxyl groups is 1. The average molecular weight is 550 g/mol. The highest BCUT2D eigenvalue weighted by atomic mass is 127. The van der Waals surface area contributed by atoms with E-state index >= 15 is 0 Å². The zero-order valence-corrected chi connectivity index (χ0v) is 19.5. The molecule has 1 atom stereocenters. The topological polar surface area (TPSA) is 122 Å². The van der Waals surface area contributed by atoms with Gasteiger partial charge in [-0.05, 0) is 37.1 Å². The first-order valence-electron chi connectivity index (χ1n) is 9.16. The Morgan fingerprint density at radius 3 is 2.63 bits per heavy atom. The normalized spacial score (nSPS) is 11.9. The summed E-state index contributed by atoms with van der Waals surface area (Å²) in [5.74, 6) is 1.03. The molecule has 0 aliphatic rings. The third-order valence-electron chi connectivity index (χ3n) is 3.79. The highest BCUT2D eigenvalue weighted by Gasteiger charge is 2.08. The second-order valence-electron chi connectivity index (χ2n) is 6.10. The number of nitro groups is 1. The lowest BCUT2D eigenvalue weighted by Gasteiger charge is -2.14. The number of nitrogens with zero attached hydrogens (tertiary/aromatic N) is 3. The van der Waals surface area contributed by atoms with E-state index in [1.807, 2.05) is 13.0 Å². The van der Waals surface area contributed by atoms with E-state index in [1.54, 1.807) is 12.3 Å². The van der Waals surface area contributed by atoms with Crippen LogP contribution in [0.2, 0.25) is 5.15 Å². The molecule has 2 rings (SSSR count). The van der Waals surface area contributed by atoms with E-state index in [2.05, 4.69) is 20.6 Å². The molecule has 1 unspecified atom stereocenters. The van der Waals surface area contributed by atoms with Crippen LogP contribution < -0.4 is 15.4 Å². The summed E-state index contributed by atoms with van der Waals surface area (Å²) >= 11 is 5.78. The van der Waals surface area contributed by atoms with Gasteiger partial charge in [-0.2, -0.15) is 0 Å².